The highest BCUT2D eigenvalue weighted by atomic mass is 32.2. The Morgan fingerprint density at radius 3 is 1.92 bits per heavy atom. The van der Waals surface area contributed by atoms with Crippen LogP contribution < -0.4 is 5.32 Å². The Morgan fingerprint density at radius 1 is 0.917 bits per heavy atom. The Morgan fingerprint density at radius 2 is 1.42 bits per heavy atom. The smallest absolute Gasteiger partial charge is 0.325 e. The van der Waals surface area contributed by atoms with Crippen molar-refractivity contribution in [2.24, 2.45) is 0 Å². The Balaban J connectivity index is 3.39. The molecule has 0 aliphatic carbocycles. The summed E-state index contributed by atoms with van der Waals surface area (Å²) in [5, 5.41) is 2.08. The van der Waals surface area contributed by atoms with Crippen molar-refractivity contribution < 1.29 is 27.3 Å². The van der Waals surface area contributed by atoms with E-state index in [1.165, 1.54) is 44.9 Å². The number of nitrogens with one attached hydrogen (secondary N) is 1. The Bertz CT molecular complexity index is 449. The average molecular weight is 365 g/mol. The van der Waals surface area contributed by atoms with Crippen molar-refractivity contribution in [2.75, 3.05) is 18.9 Å². The zero-order valence-electron chi connectivity index (χ0n) is 14.6. The molecule has 0 saturated carbocycles. The minimum Gasteiger partial charge on any atom is -0.464 e. The number of carbonyl (C=O) groups is 2. The molecule has 0 atom stereocenters. The van der Waals surface area contributed by atoms with Crippen LogP contribution >= 0.6 is 0 Å². The van der Waals surface area contributed by atoms with E-state index in [4.69, 9.17) is 9.29 Å². The monoisotopic (exact) mass is 365 g/mol. The van der Waals surface area contributed by atoms with E-state index < -0.39 is 34.3 Å². The van der Waals surface area contributed by atoms with Crippen molar-refractivity contribution in [3.05, 3.63) is 0 Å². The van der Waals surface area contributed by atoms with Crippen LogP contribution in [0, 0.1) is 0 Å². The van der Waals surface area contributed by atoms with Gasteiger partial charge >= 0.3 is 5.97 Å². The summed E-state index contributed by atoms with van der Waals surface area (Å²) in [6.45, 7) is 2.11. The van der Waals surface area contributed by atoms with Crippen LogP contribution in [0.3, 0.4) is 0 Å². The zero-order chi connectivity index (χ0) is 18.3. The fourth-order valence-electron chi connectivity index (χ4n) is 2.21. The molecule has 8 heteroatoms. The number of carbonyl (C=O) groups excluding carboxylic acids is 2. The predicted molar refractivity (Wildman–Crippen MR) is 92.2 cm³/mol. The number of ether oxygens (including phenoxy) is 1. The second-order valence-electron chi connectivity index (χ2n) is 5.91. The SMILES string of the molecule is CCCCCCCCCCCCOC(=O)CNC(=O)CS(=O)(=O)O. The van der Waals surface area contributed by atoms with E-state index >= 15 is 0 Å². The maximum absolute atomic E-state index is 11.3. The first-order valence-corrected chi connectivity index (χ1v) is 10.3. The molecule has 0 radical (unpaired) electrons. The fourth-order valence-corrected chi connectivity index (χ4v) is 2.65. The molecule has 7 nitrogen and oxygen atoms in total. The van der Waals surface area contributed by atoms with Gasteiger partial charge in [-0.05, 0) is 6.42 Å². The lowest BCUT2D eigenvalue weighted by Gasteiger charge is -2.06. The topological polar surface area (TPSA) is 110 Å². The van der Waals surface area contributed by atoms with Crippen LogP contribution in [0.15, 0.2) is 0 Å². The van der Waals surface area contributed by atoms with Crippen LogP contribution in [0.2, 0.25) is 0 Å². The average Bonchev–Trinajstić information content (AvgIpc) is 2.49. The van der Waals surface area contributed by atoms with E-state index in [-0.39, 0.29) is 0 Å². The maximum atomic E-state index is 11.3. The quantitative estimate of drug-likeness (QED) is 0.262. The molecule has 2 N–H and O–H groups in total. The number of hydrogen-bond donors (Lipinski definition) is 2. The molecule has 0 bridgehead atoms. The van der Waals surface area contributed by atoms with Crippen molar-refractivity contribution in [1.29, 1.82) is 0 Å². The molecule has 0 heterocycles. The van der Waals surface area contributed by atoms with E-state index in [0.29, 0.717) is 6.61 Å². The van der Waals surface area contributed by atoms with Crippen LogP contribution in [-0.4, -0.2) is 43.8 Å². The van der Waals surface area contributed by atoms with Crippen LogP contribution in [0.1, 0.15) is 71.1 Å². The second kappa shape index (κ2) is 14.2. The van der Waals surface area contributed by atoms with Crippen molar-refractivity contribution >= 4 is 22.0 Å². The van der Waals surface area contributed by atoms with E-state index in [1.54, 1.807) is 0 Å². The van der Waals surface area contributed by atoms with Gasteiger partial charge in [0.2, 0.25) is 5.91 Å². The van der Waals surface area contributed by atoms with E-state index in [2.05, 4.69) is 12.2 Å². The summed E-state index contributed by atoms with van der Waals surface area (Å²) >= 11 is 0. The highest BCUT2D eigenvalue weighted by Gasteiger charge is 2.13. The standard InChI is InChI=1S/C16H31NO6S/c1-2-3-4-5-6-7-8-9-10-11-12-23-16(19)13-17-15(18)14-24(20,21)22/h2-14H2,1H3,(H,17,18)(H,20,21,22). The summed E-state index contributed by atoms with van der Waals surface area (Å²) in [4.78, 5) is 22.4. The number of unbranched alkanes of at least 4 members (excludes halogenated alkanes) is 9. The van der Waals surface area contributed by atoms with Gasteiger partial charge in [-0.15, -0.1) is 0 Å². The molecule has 0 aliphatic heterocycles. The van der Waals surface area contributed by atoms with E-state index in [1.807, 2.05) is 0 Å². The number of esters is 1. The summed E-state index contributed by atoms with van der Waals surface area (Å²) in [6.07, 6.45) is 11.9. The summed E-state index contributed by atoms with van der Waals surface area (Å²) in [6, 6.07) is 0. The minimum atomic E-state index is -4.37. The molecule has 0 fully saturated rings. The molecule has 0 aromatic carbocycles. The number of rotatable bonds is 15. The summed E-state index contributed by atoms with van der Waals surface area (Å²) in [7, 11) is -4.37. The maximum Gasteiger partial charge on any atom is 0.325 e. The van der Waals surface area contributed by atoms with E-state index in [0.717, 1.165) is 19.3 Å². The van der Waals surface area contributed by atoms with Gasteiger partial charge < -0.3 is 10.1 Å². The normalized spacial score (nSPS) is 11.2. The third-order valence-electron chi connectivity index (χ3n) is 3.50. The van der Waals surface area contributed by atoms with Crippen LogP contribution in [-0.2, 0) is 24.4 Å². The molecule has 24 heavy (non-hydrogen) atoms. The predicted octanol–water partition coefficient (Wildman–Crippen LogP) is 2.45. The molecule has 142 valence electrons. The van der Waals surface area contributed by atoms with Gasteiger partial charge in [-0.2, -0.15) is 8.42 Å². The third kappa shape index (κ3) is 17.2. The Kier molecular flexibility index (Phi) is 13.5. The first kappa shape index (κ1) is 22.9. The first-order chi connectivity index (χ1) is 11.3. The molecule has 0 spiro atoms. The van der Waals surface area contributed by atoms with Crippen molar-refractivity contribution in [2.45, 2.75) is 71.1 Å². The fraction of sp³-hybridized carbons (Fsp3) is 0.875. The van der Waals surface area contributed by atoms with Gasteiger partial charge in [0.1, 0.15) is 6.54 Å². The largest absolute Gasteiger partial charge is 0.464 e. The zero-order valence-corrected chi connectivity index (χ0v) is 15.4. The van der Waals surface area contributed by atoms with Crippen LogP contribution in [0.25, 0.3) is 0 Å². The van der Waals surface area contributed by atoms with Crippen molar-refractivity contribution in [1.82, 2.24) is 5.32 Å². The molecular weight excluding hydrogens is 334 g/mol. The van der Waals surface area contributed by atoms with Gasteiger partial charge in [-0.25, -0.2) is 0 Å². The Hall–Kier alpha value is -1.15. The lowest BCUT2D eigenvalue weighted by atomic mass is 10.1. The molecule has 0 aromatic rings. The highest BCUT2D eigenvalue weighted by molar-refractivity contribution is 7.86. The van der Waals surface area contributed by atoms with Gasteiger partial charge in [0, 0.05) is 0 Å². The highest BCUT2D eigenvalue weighted by Crippen LogP contribution is 2.10. The van der Waals surface area contributed by atoms with Gasteiger partial charge in [0.15, 0.2) is 5.75 Å². The minimum absolute atomic E-state index is 0.295. The lowest BCUT2D eigenvalue weighted by molar-refractivity contribution is -0.143. The number of amides is 1. The van der Waals surface area contributed by atoms with Gasteiger partial charge in [-0.1, -0.05) is 64.7 Å². The first-order valence-electron chi connectivity index (χ1n) is 8.72. The summed E-state index contributed by atoms with van der Waals surface area (Å²) in [5.41, 5.74) is 0. The molecular formula is C16H31NO6S. The van der Waals surface area contributed by atoms with Crippen molar-refractivity contribution in [3.63, 3.8) is 0 Å². The van der Waals surface area contributed by atoms with Gasteiger partial charge in [0.05, 0.1) is 6.61 Å². The second-order valence-corrected chi connectivity index (χ2v) is 7.36. The van der Waals surface area contributed by atoms with Crippen LogP contribution in [0.5, 0.6) is 0 Å². The number of hydrogen-bond acceptors (Lipinski definition) is 5. The molecule has 0 rings (SSSR count). The summed E-state index contributed by atoms with van der Waals surface area (Å²) < 4.78 is 34.3. The van der Waals surface area contributed by atoms with Crippen LogP contribution in [0.4, 0.5) is 0 Å². The summed E-state index contributed by atoms with van der Waals surface area (Å²) in [5.74, 6) is -2.61. The molecule has 1 amide bonds. The molecule has 0 aromatic heterocycles. The third-order valence-corrected chi connectivity index (χ3v) is 4.13. The molecule has 0 saturated heterocycles. The van der Waals surface area contributed by atoms with Crippen molar-refractivity contribution in [3.8, 4) is 0 Å². The Labute approximate surface area is 145 Å². The molecule has 0 unspecified atom stereocenters. The van der Waals surface area contributed by atoms with E-state index in [9.17, 15) is 18.0 Å². The lowest BCUT2D eigenvalue weighted by Crippen LogP contribution is -2.34. The van der Waals surface area contributed by atoms with Gasteiger partial charge in [-0.3, -0.25) is 14.1 Å². The van der Waals surface area contributed by atoms with Gasteiger partial charge in [0.25, 0.3) is 10.1 Å². The molecule has 0 aliphatic rings.